The van der Waals surface area contributed by atoms with E-state index in [0.717, 1.165) is 0 Å². The minimum absolute atomic E-state index is 0.190. The number of nitrogen functional groups attached to an aromatic ring is 1. The van der Waals surface area contributed by atoms with Crippen molar-refractivity contribution in [3.8, 4) is 0 Å². The zero-order valence-electron chi connectivity index (χ0n) is 9.42. The summed E-state index contributed by atoms with van der Waals surface area (Å²) in [5.41, 5.74) is 11.4. The van der Waals surface area contributed by atoms with Gasteiger partial charge >= 0.3 is 0 Å². The molecule has 5 nitrogen and oxygen atoms in total. The van der Waals surface area contributed by atoms with Crippen molar-refractivity contribution in [2.24, 2.45) is 5.73 Å². The van der Waals surface area contributed by atoms with Crippen LogP contribution >= 0.6 is 0 Å². The molecule has 0 aliphatic heterocycles. The van der Waals surface area contributed by atoms with E-state index in [2.05, 4.69) is 9.97 Å². The van der Waals surface area contributed by atoms with Gasteiger partial charge in [0, 0.05) is 0 Å². The number of aromatic amines is 1. The predicted octanol–water partition coefficient (Wildman–Crippen LogP) is 0.498. The van der Waals surface area contributed by atoms with Crippen LogP contribution in [-0.2, 0) is 12.0 Å². The van der Waals surface area contributed by atoms with Crippen LogP contribution in [0.5, 0.6) is 0 Å². The van der Waals surface area contributed by atoms with Gasteiger partial charge in [-0.05, 0) is 19.8 Å². The monoisotopic (exact) mass is 210 g/mol. The van der Waals surface area contributed by atoms with E-state index in [1.807, 2.05) is 20.8 Å². The molecule has 0 unspecified atom stereocenters. The van der Waals surface area contributed by atoms with Crippen LogP contribution in [0.15, 0.2) is 4.79 Å². The highest BCUT2D eigenvalue weighted by atomic mass is 16.1. The molecule has 0 spiro atoms. The molecule has 0 radical (unpaired) electrons. The third kappa shape index (κ3) is 2.18. The smallest absolute Gasteiger partial charge is 0.256 e. The molecular formula is C10H18N4O. The number of nitrogens with two attached hydrogens (primary N) is 2. The summed E-state index contributed by atoms with van der Waals surface area (Å²) in [5.74, 6) is 0.728. The number of nitrogens with zero attached hydrogens (tertiary/aromatic N) is 1. The van der Waals surface area contributed by atoms with Crippen molar-refractivity contribution in [1.82, 2.24) is 9.97 Å². The Labute approximate surface area is 88.9 Å². The molecule has 1 heterocycles. The molecule has 84 valence electrons. The Bertz CT molecular complexity index is 408. The number of H-pyrrole nitrogens is 1. The number of hydrogen-bond acceptors (Lipinski definition) is 4. The number of nitrogens with one attached hydrogen (secondary N) is 1. The number of aromatic nitrogens is 2. The van der Waals surface area contributed by atoms with Crippen LogP contribution in [0.4, 0.5) is 5.82 Å². The molecule has 15 heavy (non-hydrogen) atoms. The van der Waals surface area contributed by atoms with Crippen LogP contribution in [0.3, 0.4) is 0 Å². The number of anilines is 1. The van der Waals surface area contributed by atoms with Crippen molar-refractivity contribution in [2.75, 3.05) is 5.73 Å². The van der Waals surface area contributed by atoms with Gasteiger partial charge in [-0.2, -0.15) is 0 Å². The summed E-state index contributed by atoms with van der Waals surface area (Å²) in [7, 11) is 0. The van der Waals surface area contributed by atoms with E-state index in [0.29, 0.717) is 24.2 Å². The van der Waals surface area contributed by atoms with Crippen molar-refractivity contribution < 1.29 is 0 Å². The zero-order valence-corrected chi connectivity index (χ0v) is 9.42. The van der Waals surface area contributed by atoms with E-state index in [4.69, 9.17) is 11.5 Å². The first kappa shape index (κ1) is 11.7. The van der Waals surface area contributed by atoms with Gasteiger partial charge in [0.1, 0.15) is 11.6 Å². The molecule has 0 aliphatic rings. The van der Waals surface area contributed by atoms with Gasteiger partial charge in [-0.15, -0.1) is 0 Å². The van der Waals surface area contributed by atoms with E-state index < -0.39 is 5.54 Å². The largest absolute Gasteiger partial charge is 0.383 e. The Morgan fingerprint density at radius 2 is 2.07 bits per heavy atom. The summed E-state index contributed by atoms with van der Waals surface area (Å²) in [6.07, 6.45) is 1.25. The van der Waals surface area contributed by atoms with Gasteiger partial charge in [0.05, 0.1) is 11.1 Å². The molecule has 0 fully saturated rings. The molecule has 0 saturated heterocycles. The maximum atomic E-state index is 11.6. The van der Waals surface area contributed by atoms with E-state index in [-0.39, 0.29) is 11.4 Å². The molecule has 0 aromatic carbocycles. The Morgan fingerprint density at radius 1 is 1.47 bits per heavy atom. The summed E-state index contributed by atoms with van der Waals surface area (Å²) in [5, 5.41) is 0. The van der Waals surface area contributed by atoms with Crippen molar-refractivity contribution in [3.05, 3.63) is 21.7 Å². The normalized spacial score (nSPS) is 14.9. The lowest BCUT2D eigenvalue weighted by Crippen LogP contribution is -2.37. The Hall–Kier alpha value is -1.36. The van der Waals surface area contributed by atoms with Crippen LogP contribution in [0.25, 0.3) is 0 Å². The Kier molecular flexibility index (Phi) is 3.14. The van der Waals surface area contributed by atoms with E-state index in [1.165, 1.54) is 0 Å². The fourth-order valence-corrected chi connectivity index (χ4v) is 1.29. The van der Waals surface area contributed by atoms with Gasteiger partial charge in [-0.3, -0.25) is 4.79 Å². The fourth-order valence-electron chi connectivity index (χ4n) is 1.29. The van der Waals surface area contributed by atoms with Crippen LogP contribution < -0.4 is 17.0 Å². The molecule has 1 aromatic heterocycles. The van der Waals surface area contributed by atoms with Gasteiger partial charge < -0.3 is 16.5 Å². The van der Waals surface area contributed by atoms with Crippen molar-refractivity contribution >= 4 is 5.82 Å². The number of hydrogen-bond donors (Lipinski definition) is 3. The molecule has 0 bridgehead atoms. The van der Waals surface area contributed by atoms with Crippen molar-refractivity contribution in [1.29, 1.82) is 0 Å². The topological polar surface area (TPSA) is 97.8 Å². The third-order valence-electron chi connectivity index (χ3n) is 2.68. The van der Waals surface area contributed by atoms with E-state index in [1.54, 1.807) is 0 Å². The van der Waals surface area contributed by atoms with Gasteiger partial charge in [0.2, 0.25) is 0 Å². The van der Waals surface area contributed by atoms with E-state index in [9.17, 15) is 4.79 Å². The average molecular weight is 210 g/mol. The average Bonchev–Trinajstić information content (AvgIpc) is 2.17. The molecule has 5 N–H and O–H groups in total. The Balaban J connectivity index is 3.32. The lowest BCUT2D eigenvalue weighted by Gasteiger charge is -2.21. The number of rotatable bonds is 3. The maximum absolute atomic E-state index is 11.6. The van der Waals surface area contributed by atoms with Gasteiger partial charge in [0.15, 0.2) is 0 Å². The first-order valence-electron chi connectivity index (χ1n) is 5.10. The standard InChI is InChI=1S/C10H18N4O/c1-4-6-7(11)13-9(14-8(6)15)10(3,12)5-2/h4-5,12H2,1-3H3,(H3,11,13,14,15)/t10-/m0/s1. The highest BCUT2D eigenvalue weighted by Gasteiger charge is 2.23. The SMILES string of the molecule is CCc1c(N)nc([C@@](C)(N)CC)[nH]c1=O. The van der Waals surface area contributed by atoms with Gasteiger partial charge in [0.25, 0.3) is 5.56 Å². The highest BCUT2D eigenvalue weighted by Crippen LogP contribution is 2.17. The summed E-state index contributed by atoms with van der Waals surface area (Å²) < 4.78 is 0. The molecule has 0 saturated carbocycles. The van der Waals surface area contributed by atoms with Crippen molar-refractivity contribution in [2.45, 2.75) is 39.2 Å². The predicted molar refractivity (Wildman–Crippen MR) is 60.5 cm³/mol. The maximum Gasteiger partial charge on any atom is 0.256 e. The second-order valence-electron chi connectivity index (χ2n) is 3.90. The molecule has 1 atom stereocenters. The molecule has 0 aliphatic carbocycles. The zero-order chi connectivity index (χ0) is 11.6. The molecule has 1 aromatic rings. The van der Waals surface area contributed by atoms with Gasteiger partial charge in [-0.25, -0.2) is 4.98 Å². The molecule has 1 rings (SSSR count). The molecule has 5 heteroatoms. The lowest BCUT2D eigenvalue weighted by molar-refractivity contribution is 0.444. The highest BCUT2D eigenvalue weighted by molar-refractivity contribution is 5.38. The minimum atomic E-state index is -0.639. The minimum Gasteiger partial charge on any atom is -0.383 e. The van der Waals surface area contributed by atoms with Crippen LogP contribution in [0, 0.1) is 0 Å². The first-order valence-corrected chi connectivity index (χ1v) is 5.10. The second kappa shape index (κ2) is 4.02. The third-order valence-corrected chi connectivity index (χ3v) is 2.68. The molecular weight excluding hydrogens is 192 g/mol. The quantitative estimate of drug-likeness (QED) is 0.676. The first-order chi connectivity index (χ1) is 6.92. The van der Waals surface area contributed by atoms with Crippen LogP contribution in [-0.4, -0.2) is 9.97 Å². The summed E-state index contributed by atoms with van der Waals surface area (Å²) in [6, 6.07) is 0. The van der Waals surface area contributed by atoms with Gasteiger partial charge in [-0.1, -0.05) is 13.8 Å². The summed E-state index contributed by atoms with van der Waals surface area (Å²) >= 11 is 0. The van der Waals surface area contributed by atoms with Crippen LogP contribution in [0.1, 0.15) is 38.6 Å². The fraction of sp³-hybridized carbons (Fsp3) is 0.600. The molecule has 0 amide bonds. The second-order valence-corrected chi connectivity index (χ2v) is 3.90. The summed E-state index contributed by atoms with van der Waals surface area (Å²) in [6.45, 7) is 5.62. The van der Waals surface area contributed by atoms with E-state index >= 15 is 0 Å². The lowest BCUT2D eigenvalue weighted by atomic mass is 9.99. The van der Waals surface area contributed by atoms with Crippen molar-refractivity contribution in [3.63, 3.8) is 0 Å². The Morgan fingerprint density at radius 3 is 2.47 bits per heavy atom. The summed E-state index contributed by atoms with van der Waals surface area (Å²) in [4.78, 5) is 18.5. The van der Waals surface area contributed by atoms with Crippen LogP contribution in [0.2, 0.25) is 0 Å².